The first-order chi connectivity index (χ1) is 4.89. The van der Waals surface area contributed by atoms with Crippen LogP contribution >= 0.6 is 11.6 Å². The maximum absolute atomic E-state index is 5.71. The zero-order chi connectivity index (χ0) is 7.23. The van der Waals surface area contributed by atoms with E-state index in [1.807, 2.05) is 36.5 Å². The fourth-order valence-electron chi connectivity index (χ4n) is 0.563. The summed E-state index contributed by atoms with van der Waals surface area (Å²) in [5.41, 5.74) is 2.90. The van der Waals surface area contributed by atoms with Crippen LogP contribution in [0.25, 0.3) is 0 Å². The molecule has 0 atom stereocenters. The molecule has 0 aromatic heterocycles. The van der Waals surface area contributed by atoms with Gasteiger partial charge in [-0.2, -0.15) is 0 Å². The normalized spacial score (nSPS) is 27.5. The van der Waals surface area contributed by atoms with E-state index in [1.165, 1.54) is 0 Å². The SMILES string of the molecule is Cl/C1=C/C=C\C=C/C=C=C1. The van der Waals surface area contributed by atoms with Gasteiger partial charge in [0.25, 0.3) is 0 Å². The van der Waals surface area contributed by atoms with Gasteiger partial charge in [0.2, 0.25) is 0 Å². The van der Waals surface area contributed by atoms with Crippen LogP contribution in [-0.4, -0.2) is 0 Å². The van der Waals surface area contributed by atoms with Gasteiger partial charge in [0.15, 0.2) is 0 Å². The maximum Gasteiger partial charge on any atom is 0.0483 e. The predicted octanol–water partition coefficient (Wildman–Crippen LogP) is 2.95. The molecule has 50 valence electrons. The van der Waals surface area contributed by atoms with Crippen molar-refractivity contribution in [2.24, 2.45) is 0 Å². The van der Waals surface area contributed by atoms with Crippen LogP contribution in [0.15, 0.2) is 53.3 Å². The van der Waals surface area contributed by atoms with E-state index in [2.05, 4.69) is 5.73 Å². The number of halogens is 1. The van der Waals surface area contributed by atoms with Gasteiger partial charge in [0.1, 0.15) is 0 Å². The number of hydrogen-bond donors (Lipinski definition) is 0. The molecule has 0 fully saturated rings. The quantitative estimate of drug-likeness (QED) is 0.466. The van der Waals surface area contributed by atoms with E-state index in [4.69, 9.17) is 11.6 Å². The molecule has 0 radical (unpaired) electrons. The van der Waals surface area contributed by atoms with Gasteiger partial charge in [-0.25, -0.2) is 0 Å². The van der Waals surface area contributed by atoms with Crippen LogP contribution in [0, 0.1) is 0 Å². The van der Waals surface area contributed by atoms with Crippen molar-refractivity contribution in [3.63, 3.8) is 0 Å². The molecule has 10 heavy (non-hydrogen) atoms. The minimum atomic E-state index is 0.691. The van der Waals surface area contributed by atoms with Gasteiger partial charge in [-0.1, -0.05) is 35.9 Å². The first kappa shape index (κ1) is 7.14. The van der Waals surface area contributed by atoms with E-state index in [0.29, 0.717) is 5.03 Å². The second-order valence-electron chi connectivity index (χ2n) is 1.80. The van der Waals surface area contributed by atoms with Gasteiger partial charge in [0, 0.05) is 5.03 Å². The molecule has 0 nitrogen and oxygen atoms in total. The molecule has 0 unspecified atom stereocenters. The molecule has 0 aliphatic heterocycles. The summed E-state index contributed by atoms with van der Waals surface area (Å²) in [5.74, 6) is 0. The Morgan fingerprint density at radius 1 is 1.10 bits per heavy atom. The summed E-state index contributed by atoms with van der Waals surface area (Å²) < 4.78 is 0. The molecule has 0 saturated heterocycles. The third-order valence-corrected chi connectivity index (χ3v) is 1.24. The van der Waals surface area contributed by atoms with Crippen molar-refractivity contribution in [2.75, 3.05) is 0 Å². The summed E-state index contributed by atoms with van der Waals surface area (Å²) in [6, 6.07) is 0. The average molecular weight is 151 g/mol. The topological polar surface area (TPSA) is 0 Å². The van der Waals surface area contributed by atoms with Crippen molar-refractivity contribution < 1.29 is 0 Å². The van der Waals surface area contributed by atoms with Crippen LogP contribution in [0.5, 0.6) is 0 Å². The number of rotatable bonds is 0. The lowest BCUT2D eigenvalue weighted by atomic mass is 10.4. The molecule has 1 aliphatic rings. The van der Waals surface area contributed by atoms with Crippen LogP contribution in [0.2, 0.25) is 0 Å². The largest absolute Gasteiger partial charge is 0.119 e. The van der Waals surface area contributed by atoms with E-state index < -0.39 is 0 Å². The maximum atomic E-state index is 5.71. The van der Waals surface area contributed by atoms with E-state index >= 15 is 0 Å². The molecule has 1 heteroatoms. The summed E-state index contributed by atoms with van der Waals surface area (Å²) in [6.45, 7) is 0. The smallest absolute Gasteiger partial charge is 0.0483 e. The predicted molar refractivity (Wildman–Crippen MR) is 44.9 cm³/mol. The molecular formula is C9H7Cl. The highest BCUT2D eigenvalue weighted by molar-refractivity contribution is 6.31. The molecule has 0 heterocycles. The summed E-state index contributed by atoms with van der Waals surface area (Å²) in [5, 5.41) is 0.691. The minimum Gasteiger partial charge on any atom is -0.119 e. The third kappa shape index (κ3) is 2.54. The van der Waals surface area contributed by atoms with Crippen molar-refractivity contribution in [2.45, 2.75) is 0 Å². The zero-order valence-corrected chi connectivity index (χ0v) is 6.18. The Labute approximate surface area is 65.5 Å². The molecule has 1 aliphatic carbocycles. The summed E-state index contributed by atoms with van der Waals surface area (Å²) >= 11 is 5.71. The van der Waals surface area contributed by atoms with E-state index in [9.17, 15) is 0 Å². The van der Waals surface area contributed by atoms with Crippen molar-refractivity contribution in [3.05, 3.63) is 53.3 Å². The Morgan fingerprint density at radius 3 is 2.80 bits per heavy atom. The molecule has 0 aromatic carbocycles. The van der Waals surface area contributed by atoms with Crippen molar-refractivity contribution >= 4 is 11.6 Å². The van der Waals surface area contributed by atoms with Gasteiger partial charge in [0.05, 0.1) is 0 Å². The van der Waals surface area contributed by atoms with Crippen LogP contribution in [0.4, 0.5) is 0 Å². The highest BCUT2D eigenvalue weighted by Crippen LogP contribution is 2.02. The van der Waals surface area contributed by atoms with Gasteiger partial charge in [-0.05, 0) is 18.2 Å². The standard InChI is InChI=1S/C9H7Cl/c10-9-7-5-3-1-2-4-6-8-9/h1-5,7-8H/b2-1-,5-3-,9-7+. The molecule has 0 N–H and O–H groups in total. The fraction of sp³-hybridized carbons (Fsp3) is 0. The van der Waals surface area contributed by atoms with E-state index in [1.54, 1.807) is 6.08 Å². The lowest BCUT2D eigenvalue weighted by molar-refractivity contribution is 1.86. The summed E-state index contributed by atoms with van der Waals surface area (Å²) in [4.78, 5) is 0. The second kappa shape index (κ2) is 3.94. The van der Waals surface area contributed by atoms with Gasteiger partial charge >= 0.3 is 0 Å². The average Bonchev–Trinajstić information content (AvgIpc) is 2.02. The van der Waals surface area contributed by atoms with Crippen molar-refractivity contribution in [3.8, 4) is 0 Å². The van der Waals surface area contributed by atoms with Crippen molar-refractivity contribution in [1.29, 1.82) is 0 Å². The zero-order valence-electron chi connectivity index (χ0n) is 5.42. The summed E-state index contributed by atoms with van der Waals surface area (Å²) in [7, 11) is 0. The molecule has 0 saturated carbocycles. The highest BCUT2D eigenvalue weighted by Gasteiger charge is 1.78. The van der Waals surface area contributed by atoms with Gasteiger partial charge in [-0.15, -0.1) is 5.73 Å². The Balaban J connectivity index is 2.91. The van der Waals surface area contributed by atoms with Gasteiger partial charge in [-0.3, -0.25) is 0 Å². The number of hydrogen-bond acceptors (Lipinski definition) is 0. The van der Waals surface area contributed by atoms with Crippen LogP contribution < -0.4 is 0 Å². The van der Waals surface area contributed by atoms with Crippen LogP contribution in [-0.2, 0) is 0 Å². The van der Waals surface area contributed by atoms with Crippen LogP contribution in [0.3, 0.4) is 0 Å². The Morgan fingerprint density at radius 2 is 1.90 bits per heavy atom. The minimum absolute atomic E-state index is 0.691. The molecule has 1 rings (SSSR count). The number of allylic oxidation sites excluding steroid dienone is 7. The van der Waals surface area contributed by atoms with E-state index in [-0.39, 0.29) is 0 Å². The Hall–Kier alpha value is -0.970. The molecule has 0 amide bonds. The monoisotopic (exact) mass is 150 g/mol. The van der Waals surface area contributed by atoms with Crippen LogP contribution in [0.1, 0.15) is 0 Å². The third-order valence-electron chi connectivity index (χ3n) is 1.00. The van der Waals surface area contributed by atoms with Crippen molar-refractivity contribution in [1.82, 2.24) is 0 Å². The lowest BCUT2D eigenvalue weighted by Gasteiger charge is -1.78. The first-order valence-corrected chi connectivity index (χ1v) is 3.39. The first-order valence-electron chi connectivity index (χ1n) is 3.01. The molecule has 0 spiro atoms. The summed E-state index contributed by atoms with van der Waals surface area (Å²) in [6.07, 6.45) is 13.0. The van der Waals surface area contributed by atoms with E-state index in [0.717, 1.165) is 0 Å². The Bertz CT molecular complexity index is 248. The lowest BCUT2D eigenvalue weighted by Crippen LogP contribution is -1.56. The molecular weight excluding hydrogens is 144 g/mol. The fourth-order valence-corrected chi connectivity index (χ4v) is 0.698. The van der Waals surface area contributed by atoms with Gasteiger partial charge < -0.3 is 0 Å². The Kier molecular flexibility index (Phi) is 2.82. The molecule has 0 aromatic rings. The molecule has 0 bridgehead atoms. The second-order valence-corrected chi connectivity index (χ2v) is 2.24. The highest BCUT2D eigenvalue weighted by atomic mass is 35.5.